The largest absolute Gasteiger partial charge is 0.488 e. The third-order valence-corrected chi connectivity index (χ3v) is 5.74. The number of nitrogens with zero attached hydrogens (tertiary/aromatic N) is 2. The second-order valence-electron chi connectivity index (χ2n) is 8.13. The van der Waals surface area contributed by atoms with Gasteiger partial charge in [-0.2, -0.15) is 5.10 Å². The maximum Gasteiger partial charge on any atom is 0.264 e. The number of aromatic nitrogens is 3. The second-order valence-corrected chi connectivity index (χ2v) is 8.13. The maximum absolute atomic E-state index is 13.4. The van der Waals surface area contributed by atoms with Crippen molar-refractivity contribution in [1.82, 2.24) is 15.4 Å². The molecule has 0 unspecified atom stereocenters. The number of aryl methyl sites for hydroxylation is 2. The molecule has 3 aromatic carbocycles. The number of anilines is 1. The first-order valence-electron chi connectivity index (χ1n) is 11.0. The summed E-state index contributed by atoms with van der Waals surface area (Å²) in [6.45, 7) is 3.91. The zero-order chi connectivity index (χ0) is 24.4. The van der Waals surface area contributed by atoms with Crippen LogP contribution in [-0.4, -0.2) is 21.3 Å². The molecule has 2 N–H and O–H groups in total. The van der Waals surface area contributed by atoms with Crippen LogP contribution in [0.1, 0.15) is 27.4 Å². The summed E-state index contributed by atoms with van der Waals surface area (Å²) in [6.07, 6.45) is 0. The molecule has 0 saturated carbocycles. The fourth-order valence-electron chi connectivity index (χ4n) is 3.83. The normalized spacial score (nSPS) is 10.9. The lowest BCUT2D eigenvalue weighted by Crippen LogP contribution is -2.14. The number of fused-ring (bicyclic) bond motifs is 1. The summed E-state index contributed by atoms with van der Waals surface area (Å²) in [5, 5.41) is 15.3. The van der Waals surface area contributed by atoms with Gasteiger partial charge in [-0.3, -0.25) is 9.59 Å². The quantitative estimate of drug-likeness (QED) is 0.363. The minimum absolute atomic E-state index is 0.229. The average molecular weight is 466 g/mol. The van der Waals surface area contributed by atoms with Crippen LogP contribution in [-0.2, 0) is 6.61 Å². The molecule has 0 bridgehead atoms. The van der Waals surface area contributed by atoms with Gasteiger partial charge >= 0.3 is 0 Å². The van der Waals surface area contributed by atoms with Crippen molar-refractivity contribution in [2.75, 3.05) is 5.32 Å². The Kier molecular flexibility index (Phi) is 5.85. The third-order valence-electron chi connectivity index (χ3n) is 5.74. The maximum atomic E-state index is 13.4. The zero-order valence-electron chi connectivity index (χ0n) is 19.2. The van der Waals surface area contributed by atoms with E-state index in [0.29, 0.717) is 28.5 Å². The molecule has 5 aromatic rings. The molecule has 1 amide bonds. The minimum Gasteiger partial charge on any atom is -0.488 e. The second kappa shape index (κ2) is 9.26. The lowest BCUT2D eigenvalue weighted by atomic mass is 10.0. The van der Waals surface area contributed by atoms with E-state index < -0.39 is 0 Å². The van der Waals surface area contributed by atoms with E-state index in [2.05, 4.69) is 20.7 Å². The van der Waals surface area contributed by atoms with E-state index in [0.717, 1.165) is 27.6 Å². The fourth-order valence-corrected chi connectivity index (χ4v) is 3.83. The van der Waals surface area contributed by atoms with E-state index in [1.807, 2.05) is 62.4 Å². The molecule has 2 aromatic heterocycles. The number of hydrogen-bond donors (Lipinski definition) is 2. The van der Waals surface area contributed by atoms with Crippen molar-refractivity contribution >= 4 is 22.4 Å². The number of benzene rings is 3. The Balaban J connectivity index is 1.46. The first-order valence-corrected chi connectivity index (χ1v) is 11.0. The summed E-state index contributed by atoms with van der Waals surface area (Å²) in [4.78, 5) is 24.7. The van der Waals surface area contributed by atoms with Gasteiger partial charge in [-0.1, -0.05) is 41.6 Å². The van der Waals surface area contributed by atoms with E-state index in [1.54, 1.807) is 18.2 Å². The number of amides is 1. The lowest BCUT2D eigenvalue weighted by molar-refractivity contribution is 0.102. The molecule has 0 aliphatic rings. The number of rotatable bonds is 6. The van der Waals surface area contributed by atoms with E-state index in [9.17, 15) is 9.59 Å². The zero-order valence-corrected chi connectivity index (χ0v) is 19.2. The Morgan fingerprint density at radius 3 is 2.51 bits per heavy atom. The number of hydrogen-bond acceptors (Lipinski definition) is 6. The Bertz CT molecular complexity index is 1560. The summed E-state index contributed by atoms with van der Waals surface area (Å²) >= 11 is 0. The highest BCUT2D eigenvalue weighted by atomic mass is 16.5. The predicted molar refractivity (Wildman–Crippen MR) is 133 cm³/mol. The predicted octanol–water partition coefficient (Wildman–Crippen LogP) is 5.03. The molecular weight excluding hydrogens is 444 g/mol. The molecule has 8 heteroatoms. The fraction of sp³-hybridized carbons (Fsp3) is 0.111. The van der Waals surface area contributed by atoms with Crippen molar-refractivity contribution in [3.05, 3.63) is 106 Å². The van der Waals surface area contributed by atoms with Crippen LogP contribution in [0.15, 0.2) is 82.1 Å². The van der Waals surface area contributed by atoms with Crippen molar-refractivity contribution in [3.8, 4) is 17.0 Å². The number of nitrogens with one attached hydrogen (secondary N) is 2. The van der Waals surface area contributed by atoms with Gasteiger partial charge in [-0.15, -0.1) is 0 Å². The van der Waals surface area contributed by atoms with Gasteiger partial charge in [-0.05, 0) is 55.0 Å². The smallest absolute Gasteiger partial charge is 0.264 e. The van der Waals surface area contributed by atoms with Crippen molar-refractivity contribution in [3.63, 3.8) is 0 Å². The van der Waals surface area contributed by atoms with E-state index in [1.165, 1.54) is 6.07 Å². The topological polar surface area (TPSA) is 110 Å². The van der Waals surface area contributed by atoms with Crippen molar-refractivity contribution in [2.45, 2.75) is 20.5 Å². The van der Waals surface area contributed by atoms with Crippen LogP contribution in [0.2, 0.25) is 0 Å². The van der Waals surface area contributed by atoms with Gasteiger partial charge in [0.05, 0.1) is 22.5 Å². The number of ether oxygens (including phenoxy) is 1. The van der Waals surface area contributed by atoms with Crippen LogP contribution in [0, 0.1) is 13.8 Å². The molecule has 0 saturated heterocycles. The first-order chi connectivity index (χ1) is 17.0. The highest BCUT2D eigenvalue weighted by Crippen LogP contribution is 2.29. The van der Waals surface area contributed by atoms with Gasteiger partial charge in [0, 0.05) is 17.3 Å². The molecule has 174 valence electrons. The van der Waals surface area contributed by atoms with Gasteiger partial charge in [0.15, 0.2) is 0 Å². The van der Waals surface area contributed by atoms with E-state index in [4.69, 9.17) is 9.26 Å². The average Bonchev–Trinajstić information content (AvgIpc) is 3.19. The van der Waals surface area contributed by atoms with Crippen LogP contribution in [0.3, 0.4) is 0 Å². The monoisotopic (exact) mass is 466 g/mol. The lowest BCUT2D eigenvalue weighted by Gasteiger charge is -2.14. The Morgan fingerprint density at radius 1 is 1.00 bits per heavy atom. The molecule has 0 radical (unpaired) electrons. The van der Waals surface area contributed by atoms with Gasteiger partial charge in [0.2, 0.25) is 0 Å². The Labute approximate surface area is 200 Å². The molecule has 0 fully saturated rings. The van der Waals surface area contributed by atoms with Gasteiger partial charge in [0.25, 0.3) is 11.5 Å². The molecule has 0 spiro atoms. The Morgan fingerprint density at radius 2 is 1.80 bits per heavy atom. The number of carbonyl (C=O) groups excluding carboxylic acids is 1. The summed E-state index contributed by atoms with van der Waals surface area (Å²) in [7, 11) is 0. The summed E-state index contributed by atoms with van der Waals surface area (Å²) in [5.74, 6) is 0.831. The molecular formula is C27H22N4O4. The standard InChI is InChI=1S/C27H22N4O4/c1-16-23(17(2)35-31-16)15-34-25-14-19-7-4-3-6-18(19)13-22(25)27(33)28-21-9-5-8-20(12-21)24-10-11-26(32)30-29-24/h3-14H,15H2,1-2H3,(H,28,33)(H,30,32). The highest BCUT2D eigenvalue weighted by molar-refractivity contribution is 6.09. The minimum atomic E-state index is -0.309. The number of aromatic amines is 1. The summed E-state index contributed by atoms with van der Waals surface area (Å²) in [5.41, 5.74) is 3.67. The summed E-state index contributed by atoms with van der Waals surface area (Å²) < 4.78 is 11.3. The van der Waals surface area contributed by atoms with Crippen LogP contribution >= 0.6 is 0 Å². The third kappa shape index (κ3) is 4.67. The number of H-pyrrole nitrogens is 1. The van der Waals surface area contributed by atoms with Crippen LogP contribution in [0.5, 0.6) is 5.75 Å². The van der Waals surface area contributed by atoms with Crippen molar-refractivity contribution in [2.24, 2.45) is 0 Å². The van der Waals surface area contributed by atoms with Crippen LogP contribution in [0.4, 0.5) is 5.69 Å². The van der Waals surface area contributed by atoms with E-state index >= 15 is 0 Å². The number of carbonyl (C=O) groups is 1. The van der Waals surface area contributed by atoms with Crippen molar-refractivity contribution < 1.29 is 14.1 Å². The SMILES string of the molecule is Cc1noc(C)c1COc1cc2ccccc2cc1C(=O)Nc1cccc(-c2ccc(=O)[nH]n2)c1. The van der Waals surface area contributed by atoms with Gasteiger partial charge < -0.3 is 14.6 Å². The highest BCUT2D eigenvalue weighted by Gasteiger charge is 2.17. The molecule has 5 rings (SSSR count). The van der Waals surface area contributed by atoms with E-state index in [-0.39, 0.29) is 18.1 Å². The Hall–Kier alpha value is -4.72. The van der Waals surface area contributed by atoms with Crippen LogP contribution in [0.25, 0.3) is 22.0 Å². The summed E-state index contributed by atoms with van der Waals surface area (Å²) in [6, 6.07) is 21.8. The molecule has 0 aliphatic carbocycles. The first kappa shape index (κ1) is 22.1. The molecule has 0 aliphatic heterocycles. The van der Waals surface area contributed by atoms with Gasteiger partial charge in [0.1, 0.15) is 18.1 Å². The molecule has 35 heavy (non-hydrogen) atoms. The molecule has 0 atom stereocenters. The molecule has 2 heterocycles. The molecule has 8 nitrogen and oxygen atoms in total. The van der Waals surface area contributed by atoms with Crippen molar-refractivity contribution in [1.29, 1.82) is 0 Å². The van der Waals surface area contributed by atoms with Gasteiger partial charge in [-0.25, -0.2) is 5.10 Å². The van der Waals surface area contributed by atoms with Crippen LogP contribution < -0.4 is 15.6 Å².